The van der Waals surface area contributed by atoms with Crippen molar-refractivity contribution in [1.82, 2.24) is 15.5 Å². The fraction of sp³-hybridized carbons (Fsp3) is 0.571. The Morgan fingerprint density at radius 2 is 2.38 bits per heavy atom. The number of carbonyl (C=O) groups is 2. The van der Waals surface area contributed by atoms with Gasteiger partial charge in [-0.25, -0.2) is 9.79 Å². The molecule has 1 saturated heterocycles. The molecule has 70 valence electrons. The van der Waals surface area contributed by atoms with Crippen molar-refractivity contribution in [2.75, 3.05) is 6.54 Å². The quantitative estimate of drug-likeness (QED) is 0.539. The third-order valence-electron chi connectivity index (χ3n) is 2.18. The SMILES string of the molecule is CCN1C=NC2NC(=O)NC(=O)C21. The van der Waals surface area contributed by atoms with Gasteiger partial charge in [0, 0.05) is 6.54 Å². The van der Waals surface area contributed by atoms with Crippen molar-refractivity contribution in [1.29, 1.82) is 0 Å². The molecule has 2 atom stereocenters. The zero-order valence-electron chi connectivity index (χ0n) is 7.15. The van der Waals surface area contributed by atoms with Gasteiger partial charge in [0.25, 0.3) is 5.91 Å². The van der Waals surface area contributed by atoms with Crippen LogP contribution < -0.4 is 10.6 Å². The first-order chi connectivity index (χ1) is 6.22. The van der Waals surface area contributed by atoms with E-state index in [1.54, 1.807) is 11.2 Å². The predicted octanol–water partition coefficient (Wildman–Crippen LogP) is -1.12. The molecule has 2 N–H and O–H groups in total. The van der Waals surface area contributed by atoms with Crippen molar-refractivity contribution >= 4 is 18.3 Å². The van der Waals surface area contributed by atoms with E-state index in [0.717, 1.165) is 0 Å². The average molecular weight is 182 g/mol. The average Bonchev–Trinajstić information content (AvgIpc) is 2.47. The van der Waals surface area contributed by atoms with Gasteiger partial charge in [-0.2, -0.15) is 0 Å². The Labute approximate surface area is 75.0 Å². The lowest BCUT2D eigenvalue weighted by molar-refractivity contribution is -0.125. The van der Waals surface area contributed by atoms with Gasteiger partial charge in [0.2, 0.25) is 0 Å². The smallest absolute Gasteiger partial charge is 0.323 e. The summed E-state index contributed by atoms with van der Waals surface area (Å²) in [6.07, 6.45) is 1.18. The Bertz CT molecular complexity index is 288. The summed E-state index contributed by atoms with van der Waals surface area (Å²) in [7, 11) is 0. The molecule has 6 heteroatoms. The Hall–Kier alpha value is -1.59. The lowest BCUT2D eigenvalue weighted by Crippen LogP contribution is -2.62. The maximum absolute atomic E-state index is 11.4. The predicted molar refractivity (Wildman–Crippen MR) is 45.1 cm³/mol. The van der Waals surface area contributed by atoms with E-state index in [9.17, 15) is 9.59 Å². The molecule has 0 aromatic rings. The van der Waals surface area contributed by atoms with Gasteiger partial charge < -0.3 is 10.2 Å². The van der Waals surface area contributed by atoms with Gasteiger partial charge in [0.1, 0.15) is 0 Å². The van der Waals surface area contributed by atoms with Crippen molar-refractivity contribution in [3.05, 3.63) is 0 Å². The van der Waals surface area contributed by atoms with E-state index < -0.39 is 12.2 Å². The maximum Gasteiger partial charge on any atom is 0.323 e. The fourth-order valence-corrected chi connectivity index (χ4v) is 1.54. The highest BCUT2D eigenvalue weighted by Gasteiger charge is 2.41. The standard InChI is InChI=1S/C7H10N4O2/c1-2-11-3-8-5-4(11)6(12)10-7(13)9-5/h3-5H,2H2,1H3,(H2,9,10,12,13). The number of hydrogen-bond donors (Lipinski definition) is 2. The van der Waals surface area contributed by atoms with Crippen LogP contribution in [0, 0.1) is 0 Å². The van der Waals surface area contributed by atoms with Gasteiger partial charge in [-0.1, -0.05) is 0 Å². The van der Waals surface area contributed by atoms with Crippen molar-refractivity contribution < 1.29 is 9.59 Å². The van der Waals surface area contributed by atoms with Gasteiger partial charge in [0.15, 0.2) is 12.2 Å². The van der Waals surface area contributed by atoms with Crippen LogP contribution in [-0.2, 0) is 4.79 Å². The molecule has 0 aromatic heterocycles. The van der Waals surface area contributed by atoms with Gasteiger partial charge in [-0.3, -0.25) is 10.1 Å². The zero-order chi connectivity index (χ0) is 9.42. The van der Waals surface area contributed by atoms with Gasteiger partial charge in [0.05, 0.1) is 6.34 Å². The maximum atomic E-state index is 11.4. The Morgan fingerprint density at radius 3 is 3.08 bits per heavy atom. The third kappa shape index (κ3) is 1.14. The van der Waals surface area contributed by atoms with Gasteiger partial charge in [-0.05, 0) is 6.92 Å². The lowest BCUT2D eigenvalue weighted by Gasteiger charge is -2.29. The van der Waals surface area contributed by atoms with Crippen LogP contribution in [0.4, 0.5) is 4.79 Å². The van der Waals surface area contributed by atoms with Gasteiger partial charge >= 0.3 is 6.03 Å². The molecule has 0 aliphatic carbocycles. The van der Waals surface area contributed by atoms with E-state index in [1.165, 1.54) is 0 Å². The van der Waals surface area contributed by atoms with Crippen LogP contribution in [0.25, 0.3) is 0 Å². The second-order valence-corrected chi connectivity index (χ2v) is 2.95. The van der Waals surface area contributed by atoms with Gasteiger partial charge in [-0.15, -0.1) is 0 Å². The first-order valence-electron chi connectivity index (χ1n) is 4.13. The van der Waals surface area contributed by atoms with Crippen LogP contribution in [0.3, 0.4) is 0 Å². The molecule has 13 heavy (non-hydrogen) atoms. The summed E-state index contributed by atoms with van der Waals surface area (Å²) < 4.78 is 0. The molecule has 2 aliphatic heterocycles. The summed E-state index contributed by atoms with van der Waals surface area (Å²) in [5.41, 5.74) is 0. The minimum Gasteiger partial charge on any atom is -0.348 e. The van der Waals surface area contributed by atoms with E-state index in [-0.39, 0.29) is 11.9 Å². The number of amides is 3. The number of rotatable bonds is 1. The monoisotopic (exact) mass is 182 g/mol. The van der Waals surface area contributed by atoms with E-state index in [1.807, 2.05) is 6.92 Å². The van der Waals surface area contributed by atoms with Crippen LogP contribution in [0.15, 0.2) is 4.99 Å². The summed E-state index contributed by atoms with van der Waals surface area (Å²) in [5.74, 6) is -0.284. The highest BCUT2D eigenvalue weighted by Crippen LogP contribution is 2.13. The number of carbonyl (C=O) groups excluding carboxylic acids is 2. The molecule has 2 heterocycles. The molecule has 2 rings (SSSR count). The fourth-order valence-electron chi connectivity index (χ4n) is 1.54. The first kappa shape index (κ1) is 8.03. The summed E-state index contributed by atoms with van der Waals surface area (Å²) in [5, 5.41) is 4.77. The van der Waals surface area contributed by atoms with Crippen LogP contribution in [0.5, 0.6) is 0 Å². The second-order valence-electron chi connectivity index (χ2n) is 2.95. The van der Waals surface area contributed by atoms with Crippen molar-refractivity contribution in [2.24, 2.45) is 4.99 Å². The Balaban J connectivity index is 2.20. The summed E-state index contributed by atoms with van der Waals surface area (Å²) in [4.78, 5) is 28.0. The molecular weight excluding hydrogens is 172 g/mol. The summed E-state index contributed by atoms with van der Waals surface area (Å²) in [6.45, 7) is 2.63. The molecule has 0 radical (unpaired) electrons. The van der Waals surface area contributed by atoms with Crippen LogP contribution >= 0.6 is 0 Å². The number of aliphatic imine (C=N–C) groups is 1. The topological polar surface area (TPSA) is 73.8 Å². The molecular formula is C7H10N4O2. The number of nitrogens with one attached hydrogen (secondary N) is 2. The number of imide groups is 1. The number of nitrogens with zero attached hydrogens (tertiary/aromatic N) is 2. The molecule has 0 bridgehead atoms. The number of fused-ring (bicyclic) bond motifs is 1. The van der Waals surface area contributed by atoms with Crippen LogP contribution in [-0.4, -0.2) is 41.9 Å². The van der Waals surface area contributed by atoms with Crippen molar-refractivity contribution in [3.63, 3.8) is 0 Å². The molecule has 1 fully saturated rings. The highest BCUT2D eigenvalue weighted by atomic mass is 16.2. The number of hydrogen-bond acceptors (Lipinski definition) is 4. The number of likely N-dealkylation sites (N-methyl/N-ethyl adjacent to an activating group) is 1. The summed E-state index contributed by atoms with van der Waals surface area (Å²) in [6, 6.07) is -0.843. The zero-order valence-corrected chi connectivity index (χ0v) is 7.15. The Morgan fingerprint density at radius 1 is 1.62 bits per heavy atom. The van der Waals surface area contributed by atoms with E-state index in [4.69, 9.17) is 0 Å². The molecule has 2 aliphatic rings. The second kappa shape index (κ2) is 2.72. The minimum absolute atomic E-state index is 0.284. The summed E-state index contributed by atoms with van der Waals surface area (Å²) >= 11 is 0. The Kier molecular flexibility index (Phi) is 1.68. The largest absolute Gasteiger partial charge is 0.348 e. The molecule has 0 aromatic carbocycles. The number of urea groups is 1. The molecule has 2 unspecified atom stereocenters. The molecule has 0 saturated carbocycles. The van der Waals surface area contributed by atoms with Crippen LogP contribution in [0.2, 0.25) is 0 Å². The molecule has 3 amide bonds. The van der Waals surface area contributed by atoms with E-state index >= 15 is 0 Å². The molecule has 6 nitrogen and oxygen atoms in total. The van der Waals surface area contributed by atoms with Crippen molar-refractivity contribution in [3.8, 4) is 0 Å². The lowest BCUT2D eigenvalue weighted by atomic mass is 10.2. The van der Waals surface area contributed by atoms with E-state index in [2.05, 4.69) is 15.6 Å². The van der Waals surface area contributed by atoms with Crippen molar-refractivity contribution in [2.45, 2.75) is 19.1 Å². The third-order valence-corrected chi connectivity index (χ3v) is 2.18. The first-order valence-corrected chi connectivity index (χ1v) is 4.13. The minimum atomic E-state index is -0.471. The van der Waals surface area contributed by atoms with Crippen LogP contribution in [0.1, 0.15) is 6.92 Å². The molecule has 0 spiro atoms. The highest BCUT2D eigenvalue weighted by molar-refractivity contribution is 6.01. The normalized spacial score (nSPS) is 31.3. The van der Waals surface area contributed by atoms with E-state index in [0.29, 0.717) is 6.54 Å².